The van der Waals surface area contributed by atoms with Crippen LogP contribution in [-0.4, -0.2) is 34.7 Å². The molecule has 0 saturated heterocycles. The van der Waals surface area contributed by atoms with E-state index >= 15 is 0 Å². The van der Waals surface area contributed by atoms with E-state index in [1.807, 2.05) is 24.5 Å². The number of ether oxygens (including phenoxy) is 1. The van der Waals surface area contributed by atoms with Crippen LogP contribution in [0.2, 0.25) is 5.02 Å². The van der Waals surface area contributed by atoms with Crippen LogP contribution in [0.4, 0.5) is 0 Å². The van der Waals surface area contributed by atoms with Crippen molar-refractivity contribution in [2.24, 2.45) is 7.05 Å². The molecule has 1 aliphatic rings. The maximum Gasteiger partial charge on any atom is 0.0949 e. The van der Waals surface area contributed by atoms with Crippen molar-refractivity contribution in [1.82, 2.24) is 14.5 Å². The predicted molar refractivity (Wildman–Crippen MR) is 83.4 cm³/mol. The summed E-state index contributed by atoms with van der Waals surface area (Å²) in [7, 11) is 3.81. The van der Waals surface area contributed by atoms with E-state index in [2.05, 4.69) is 27.6 Å². The monoisotopic (exact) mass is 305 g/mol. The van der Waals surface area contributed by atoms with Gasteiger partial charge in [-0.15, -0.1) is 0 Å². The molecule has 0 N–H and O–H groups in total. The summed E-state index contributed by atoms with van der Waals surface area (Å²) >= 11 is 6.27. The van der Waals surface area contributed by atoms with E-state index in [4.69, 9.17) is 16.3 Å². The van der Waals surface area contributed by atoms with Crippen LogP contribution in [0.5, 0.6) is 0 Å². The van der Waals surface area contributed by atoms with Crippen molar-refractivity contribution in [2.45, 2.75) is 19.0 Å². The maximum atomic E-state index is 6.27. The number of aryl methyl sites for hydroxylation is 1. The van der Waals surface area contributed by atoms with E-state index < -0.39 is 0 Å². The average molecular weight is 306 g/mol. The van der Waals surface area contributed by atoms with Crippen molar-refractivity contribution >= 4 is 11.6 Å². The third-order valence-corrected chi connectivity index (χ3v) is 4.39. The Labute approximate surface area is 130 Å². The summed E-state index contributed by atoms with van der Waals surface area (Å²) < 4.78 is 7.51. The van der Waals surface area contributed by atoms with Crippen molar-refractivity contribution in [3.05, 3.63) is 52.6 Å². The number of benzene rings is 1. The largest absolute Gasteiger partial charge is 0.384 e. The first-order valence-corrected chi connectivity index (χ1v) is 7.51. The van der Waals surface area contributed by atoms with Crippen LogP contribution in [0.25, 0.3) is 0 Å². The first-order chi connectivity index (χ1) is 10.2. The van der Waals surface area contributed by atoms with E-state index in [0.717, 1.165) is 35.9 Å². The Hall–Kier alpha value is -1.36. The van der Waals surface area contributed by atoms with Gasteiger partial charge in [-0.3, -0.25) is 4.90 Å². The summed E-state index contributed by atoms with van der Waals surface area (Å²) in [5.41, 5.74) is 3.61. The van der Waals surface area contributed by atoms with E-state index in [-0.39, 0.29) is 0 Å². The molecule has 3 rings (SSSR count). The molecular formula is C16H20ClN3O. The Morgan fingerprint density at radius 2 is 2.19 bits per heavy atom. The van der Waals surface area contributed by atoms with Crippen molar-refractivity contribution in [3.8, 4) is 0 Å². The number of rotatable bonds is 4. The highest BCUT2D eigenvalue weighted by Gasteiger charge is 2.29. The van der Waals surface area contributed by atoms with E-state index in [1.165, 1.54) is 5.69 Å². The molecule has 1 aliphatic heterocycles. The lowest BCUT2D eigenvalue weighted by Gasteiger charge is -2.32. The second kappa shape index (κ2) is 6.18. The summed E-state index contributed by atoms with van der Waals surface area (Å²) in [4.78, 5) is 6.92. The first-order valence-electron chi connectivity index (χ1n) is 7.14. The third-order valence-electron chi connectivity index (χ3n) is 4.02. The molecule has 1 aromatic carbocycles. The molecule has 1 atom stereocenters. The van der Waals surface area contributed by atoms with Gasteiger partial charge in [-0.05, 0) is 11.6 Å². The number of hydrogen-bond acceptors (Lipinski definition) is 3. The zero-order valence-corrected chi connectivity index (χ0v) is 13.2. The van der Waals surface area contributed by atoms with Crippen LogP contribution in [0.1, 0.15) is 22.9 Å². The molecule has 0 bridgehead atoms. The summed E-state index contributed by atoms with van der Waals surface area (Å²) in [5.74, 6) is 0.355. The lowest BCUT2D eigenvalue weighted by atomic mass is 9.98. The molecule has 0 saturated carbocycles. The maximum absolute atomic E-state index is 6.27. The fraction of sp³-hybridized carbons (Fsp3) is 0.438. The Morgan fingerprint density at radius 1 is 1.38 bits per heavy atom. The van der Waals surface area contributed by atoms with Crippen molar-refractivity contribution in [2.75, 3.05) is 20.3 Å². The minimum atomic E-state index is 0.355. The summed E-state index contributed by atoms with van der Waals surface area (Å²) in [6.07, 6.45) is 1.90. The molecule has 0 spiro atoms. The lowest BCUT2D eigenvalue weighted by molar-refractivity contribution is 0.132. The fourth-order valence-corrected chi connectivity index (χ4v) is 3.32. The lowest BCUT2D eigenvalue weighted by Crippen LogP contribution is -2.35. The van der Waals surface area contributed by atoms with Gasteiger partial charge < -0.3 is 9.30 Å². The van der Waals surface area contributed by atoms with Gasteiger partial charge in [0.05, 0.1) is 18.6 Å². The molecule has 5 heteroatoms. The molecule has 112 valence electrons. The van der Waals surface area contributed by atoms with Crippen LogP contribution in [0, 0.1) is 0 Å². The minimum absolute atomic E-state index is 0.355. The fourth-order valence-electron chi connectivity index (χ4n) is 3.13. The SMILES string of the molecule is COC[C@H]1CN(Cc2ccccc2Cl)Cc2ncn(C)c21. The van der Waals surface area contributed by atoms with Gasteiger partial charge in [0, 0.05) is 50.4 Å². The van der Waals surface area contributed by atoms with Gasteiger partial charge in [-0.1, -0.05) is 29.8 Å². The minimum Gasteiger partial charge on any atom is -0.384 e. The molecule has 0 radical (unpaired) electrons. The highest BCUT2D eigenvalue weighted by molar-refractivity contribution is 6.31. The second-order valence-electron chi connectivity index (χ2n) is 5.60. The normalized spacial score (nSPS) is 18.7. The molecular weight excluding hydrogens is 286 g/mol. The molecule has 4 nitrogen and oxygen atoms in total. The second-order valence-corrected chi connectivity index (χ2v) is 6.01. The Morgan fingerprint density at radius 3 is 2.95 bits per heavy atom. The molecule has 1 aromatic heterocycles. The van der Waals surface area contributed by atoms with Crippen molar-refractivity contribution < 1.29 is 4.74 Å². The molecule has 0 unspecified atom stereocenters. The topological polar surface area (TPSA) is 30.3 Å². The van der Waals surface area contributed by atoms with E-state index in [9.17, 15) is 0 Å². The van der Waals surface area contributed by atoms with Gasteiger partial charge in [-0.2, -0.15) is 0 Å². The van der Waals surface area contributed by atoms with Crippen LogP contribution in [-0.2, 0) is 24.9 Å². The van der Waals surface area contributed by atoms with Crippen LogP contribution >= 0.6 is 11.6 Å². The zero-order chi connectivity index (χ0) is 14.8. The van der Waals surface area contributed by atoms with Crippen LogP contribution in [0.3, 0.4) is 0 Å². The number of imidazole rings is 1. The van der Waals surface area contributed by atoms with Crippen molar-refractivity contribution in [3.63, 3.8) is 0 Å². The van der Waals surface area contributed by atoms with Gasteiger partial charge in [0.2, 0.25) is 0 Å². The molecule has 2 aromatic rings. The average Bonchev–Trinajstić information content (AvgIpc) is 2.83. The standard InChI is InChI=1S/C16H20ClN3O/c1-19-11-18-15-9-20(8-13(10-21-2)16(15)19)7-12-5-3-4-6-14(12)17/h3-6,11,13H,7-10H2,1-2H3/t13-/m1/s1. The van der Waals surface area contributed by atoms with Crippen molar-refractivity contribution in [1.29, 1.82) is 0 Å². The van der Waals surface area contributed by atoms with E-state index in [0.29, 0.717) is 12.5 Å². The Bertz CT molecular complexity index is 626. The van der Waals surface area contributed by atoms with E-state index in [1.54, 1.807) is 7.11 Å². The van der Waals surface area contributed by atoms with Crippen LogP contribution in [0.15, 0.2) is 30.6 Å². The number of aromatic nitrogens is 2. The first kappa shape index (κ1) is 14.6. The number of nitrogens with zero attached hydrogens (tertiary/aromatic N) is 3. The summed E-state index contributed by atoms with van der Waals surface area (Å²) in [6.45, 7) is 3.38. The molecule has 0 amide bonds. The quantitative estimate of drug-likeness (QED) is 0.870. The number of halogens is 1. The zero-order valence-electron chi connectivity index (χ0n) is 12.4. The van der Waals surface area contributed by atoms with Gasteiger partial charge in [0.1, 0.15) is 0 Å². The van der Waals surface area contributed by atoms with Gasteiger partial charge >= 0.3 is 0 Å². The molecule has 21 heavy (non-hydrogen) atoms. The summed E-state index contributed by atoms with van der Waals surface area (Å²) in [5, 5.41) is 0.826. The third kappa shape index (κ3) is 2.98. The van der Waals surface area contributed by atoms with Gasteiger partial charge in [0.25, 0.3) is 0 Å². The molecule has 2 heterocycles. The number of fused-ring (bicyclic) bond motifs is 1. The van der Waals surface area contributed by atoms with Gasteiger partial charge in [-0.25, -0.2) is 4.98 Å². The highest BCUT2D eigenvalue weighted by atomic mass is 35.5. The molecule has 0 fully saturated rings. The summed E-state index contributed by atoms with van der Waals surface area (Å²) in [6, 6.07) is 8.03. The molecule has 0 aliphatic carbocycles. The van der Waals surface area contributed by atoms with Gasteiger partial charge in [0.15, 0.2) is 0 Å². The smallest absolute Gasteiger partial charge is 0.0949 e. The Balaban J connectivity index is 1.82. The number of methoxy groups -OCH3 is 1. The number of hydrogen-bond donors (Lipinski definition) is 0. The Kier molecular flexibility index (Phi) is 4.29. The van der Waals surface area contributed by atoms with Crippen LogP contribution < -0.4 is 0 Å². The predicted octanol–water partition coefficient (Wildman–Crippen LogP) is 2.82. The highest BCUT2D eigenvalue weighted by Crippen LogP contribution is 2.29.